The third-order valence-corrected chi connectivity index (χ3v) is 2.21. The van der Waals surface area contributed by atoms with Gasteiger partial charge in [0.15, 0.2) is 0 Å². The van der Waals surface area contributed by atoms with Gasteiger partial charge in [0, 0.05) is 0 Å². The fourth-order valence-electron chi connectivity index (χ4n) is 1.21. The molecule has 0 aromatic carbocycles. The molecule has 0 aromatic heterocycles. The van der Waals surface area contributed by atoms with E-state index in [1.165, 1.54) is 6.08 Å². The van der Waals surface area contributed by atoms with E-state index in [1.807, 2.05) is 6.92 Å². The maximum atomic E-state index is 11.3. The van der Waals surface area contributed by atoms with Crippen LogP contribution in [0.4, 0.5) is 0 Å². The first-order chi connectivity index (χ1) is 6.66. The summed E-state index contributed by atoms with van der Waals surface area (Å²) in [6.07, 6.45) is 4.86. The Kier molecular flexibility index (Phi) is 3.68. The molecule has 0 heterocycles. The van der Waals surface area contributed by atoms with Crippen molar-refractivity contribution in [3.05, 3.63) is 12.2 Å². The number of carbonyl (C=O) groups is 2. The quantitative estimate of drug-likeness (QED) is 0.410. The summed E-state index contributed by atoms with van der Waals surface area (Å²) in [5, 5.41) is 8.67. The van der Waals surface area contributed by atoms with Gasteiger partial charge in [-0.15, -0.1) is 0 Å². The summed E-state index contributed by atoms with van der Waals surface area (Å²) in [5.41, 5.74) is 0. The first-order valence-electron chi connectivity index (χ1n) is 4.74. The first kappa shape index (κ1) is 10.8. The van der Waals surface area contributed by atoms with Crippen molar-refractivity contribution in [3.8, 4) is 0 Å². The summed E-state index contributed by atoms with van der Waals surface area (Å²) in [7, 11) is 0. The number of aliphatic carboxylic acids is 1. The van der Waals surface area contributed by atoms with Crippen molar-refractivity contribution in [1.29, 1.82) is 0 Å². The van der Waals surface area contributed by atoms with Crippen LogP contribution in [0.5, 0.6) is 0 Å². The van der Waals surface area contributed by atoms with E-state index in [-0.39, 0.29) is 0 Å². The van der Waals surface area contributed by atoms with Crippen LogP contribution in [0.3, 0.4) is 0 Å². The Morgan fingerprint density at radius 3 is 2.43 bits per heavy atom. The summed E-state index contributed by atoms with van der Waals surface area (Å²) in [6.45, 7) is 2.38. The van der Waals surface area contributed by atoms with Gasteiger partial charge in [-0.2, -0.15) is 0 Å². The lowest BCUT2D eigenvalue weighted by molar-refractivity contribution is -0.155. The lowest BCUT2D eigenvalue weighted by Crippen LogP contribution is -2.34. The number of carboxylic acid groups (broad SMARTS) is 1. The topological polar surface area (TPSA) is 63.6 Å². The Bertz CT molecular complexity index is 257. The minimum atomic E-state index is -0.968. The van der Waals surface area contributed by atoms with E-state index >= 15 is 0 Å². The van der Waals surface area contributed by atoms with Crippen molar-refractivity contribution in [2.75, 3.05) is 6.61 Å². The molecule has 0 saturated carbocycles. The van der Waals surface area contributed by atoms with Gasteiger partial charge in [-0.1, -0.05) is 25.5 Å². The number of carboxylic acids is 1. The molecular formula is C10H14O4. The zero-order valence-electron chi connectivity index (χ0n) is 8.10. The van der Waals surface area contributed by atoms with Gasteiger partial charge in [-0.3, -0.25) is 9.59 Å². The van der Waals surface area contributed by atoms with Crippen LogP contribution in [0.1, 0.15) is 19.8 Å². The Hall–Kier alpha value is -1.32. The lowest BCUT2D eigenvalue weighted by Gasteiger charge is -2.23. The van der Waals surface area contributed by atoms with Crippen molar-refractivity contribution in [3.63, 3.8) is 0 Å². The van der Waals surface area contributed by atoms with E-state index in [1.54, 1.807) is 6.08 Å². The van der Waals surface area contributed by atoms with Crippen LogP contribution < -0.4 is 0 Å². The number of ether oxygens (including phenoxy) is 1. The predicted octanol–water partition coefficient (Wildman–Crippen LogP) is 1.22. The molecule has 0 fully saturated rings. The second-order valence-corrected chi connectivity index (χ2v) is 3.30. The molecule has 2 atom stereocenters. The Labute approximate surface area is 82.6 Å². The number of hydrogen-bond donors (Lipinski definition) is 1. The summed E-state index contributed by atoms with van der Waals surface area (Å²) in [4.78, 5) is 21.8. The largest absolute Gasteiger partial charge is 0.481 e. The molecular weight excluding hydrogens is 184 g/mol. The van der Waals surface area contributed by atoms with E-state index in [2.05, 4.69) is 0 Å². The number of esters is 1. The van der Waals surface area contributed by atoms with E-state index in [0.717, 1.165) is 12.8 Å². The minimum Gasteiger partial charge on any atom is -0.481 e. The molecule has 0 radical (unpaired) electrons. The molecule has 1 aliphatic carbocycles. The van der Waals surface area contributed by atoms with E-state index in [4.69, 9.17) is 9.84 Å². The molecule has 78 valence electrons. The number of hydrogen-bond acceptors (Lipinski definition) is 3. The molecule has 0 saturated heterocycles. The smallest absolute Gasteiger partial charge is 0.313 e. The molecule has 1 rings (SSSR count). The van der Waals surface area contributed by atoms with Crippen molar-refractivity contribution >= 4 is 11.9 Å². The van der Waals surface area contributed by atoms with Crippen LogP contribution in [-0.4, -0.2) is 23.7 Å². The van der Waals surface area contributed by atoms with Crippen LogP contribution in [0, 0.1) is 11.8 Å². The molecule has 0 unspecified atom stereocenters. The highest BCUT2D eigenvalue weighted by Crippen LogP contribution is 2.26. The molecule has 0 aliphatic heterocycles. The van der Waals surface area contributed by atoms with Crippen molar-refractivity contribution in [2.45, 2.75) is 19.8 Å². The Balaban J connectivity index is 2.32. The average Bonchev–Trinajstić information content (AvgIpc) is 2.01. The maximum Gasteiger partial charge on any atom is 0.313 e. The summed E-state index contributed by atoms with van der Waals surface area (Å²) < 4.78 is 4.91. The summed E-state index contributed by atoms with van der Waals surface area (Å²) in [6, 6.07) is 0. The monoisotopic (exact) mass is 198 g/mol. The molecule has 0 amide bonds. The molecule has 0 bridgehead atoms. The Morgan fingerprint density at radius 2 is 2.00 bits per heavy atom. The molecule has 0 aromatic rings. The van der Waals surface area contributed by atoms with E-state index in [9.17, 15) is 9.59 Å². The molecule has 14 heavy (non-hydrogen) atoms. The number of rotatable bonds is 5. The second-order valence-electron chi connectivity index (χ2n) is 3.30. The van der Waals surface area contributed by atoms with Crippen molar-refractivity contribution in [2.24, 2.45) is 11.8 Å². The van der Waals surface area contributed by atoms with Gasteiger partial charge in [-0.05, 0) is 6.42 Å². The fourth-order valence-corrected chi connectivity index (χ4v) is 1.21. The predicted molar refractivity (Wildman–Crippen MR) is 49.6 cm³/mol. The minimum absolute atomic E-state index is 0.381. The molecule has 0 spiro atoms. The Morgan fingerprint density at radius 1 is 1.36 bits per heavy atom. The fraction of sp³-hybridized carbons (Fsp3) is 0.600. The van der Waals surface area contributed by atoms with Crippen LogP contribution >= 0.6 is 0 Å². The SMILES string of the molecule is CCCCOC(=O)[C@@H]1C=C[C@@H]1C(=O)O. The highest BCUT2D eigenvalue weighted by molar-refractivity contribution is 5.86. The van der Waals surface area contributed by atoms with Crippen LogP contribution in [0.2, 0.25) is 0 Å². The van der Waals surface area contributed by atoms with Gasteiger partial charge in [0.1, 0.15) is 0 Å². The number of carbonyl (C=O) groups excluding carboxylic acids is 1. The highest BCUT2D eigenvalue weighted by atomic mass is 16.5. The van der Waals surface area contributed by atoms with Crippen LogP contribution in [0.15, 0.2) is 12.2 Å². The van der Waals surface area contributed by atoms with Gasteiger partial charge >= 0.3 is 11.9 Å². The zero-order chi connectivity index (χ0) is 10.6. The normalized spacial score (nSPS) is 24.1. The van der Waals surface area contributed by atoms with Gasteiger partial charge < -0.3 is 9.84 Å². The standard InChI is InChI=1S/C10H14O4/c1-2-3-6-14-10(13)8-5-4-7(8)9(11)12/h4-5,7-8H,2-3,6H2,1H3,(H,11,12)/t7-,8+/m0/s1. The van der Waals surface area contributed by atoms with Gasteiger partial charge in [0.2, 0.25) is 0 Å². The average molecular weight is 198 g/mol. The van der Waals surface area contributed by atoms with E-state index in [0.29, 0.717) is 6.61 Å². The number of unbranched alkanes of at least 4 members (excludes halogenated alkanes) is 1. The zero-order valence-corrected chi connectivity index (χ0v) is 8.10. The summed E-state index contributed by atoms with van der Waals surface area (Å²) >= 11 is 0. The van der Waals surface area contributed by atoms with Gasteiger partial charge in [-0.25, -0.2) is 0 Å². The van der Waals surface area contributed by atoms with Crippen LogP contribution in [-0.2, 0) is 14.3 Å². The highest BCUT2D eigenvalue weighted by Gasteiger charge is 2.36. The van der Waals surface area contributed by atoms with Gasteiger partial charge in [0.05, 0.1) is 18.4 Å². The molecule has 1 aliphatic rings. The van der Waals surface area contributed by atoms with Crippen molar-refractivity contribution in [1.82, 2.24) is 0 Å². The second kappa shape index (κ2) is 4.79. The third-order valence-electron chi connectivity index (χ3n) is 2.21. The van der Waals surface area contributed by atoms with Crippen molar-refractivity contribution < 1.29 is 19.4 Å². The maximum absolute atomic E-state index is 11.3. The third kappa shape index (κ3) is 2.34. The van der Waals surface area contributed by atoms with Gasteiger partial charge in [0.25, 0.3) is 0 Å². The molecule has 4 nitrogen and oxygen atoms in total. The summed E-state index contributed by atoms with van der Waals surface area (Å²) in [5.74, 6) is -2.66. The first-order valence-corrected chi connectivity index (χ1v) is 4.74. The van der Waals surface area contributed by atoms with Crippen LogP contribution in [0.25, 0.3) is 0 Å². The lowest BCUT2D eigenvalue weighted by atomic mass is 9.82. The molecule has 1 N–H and O–H groups in total. The van der Waals surface area contributed by atoms with E-state index < -0.39 is 23.8 Å². The molecule has 4 heteroatoms.